The summed E-state index contributed by atoms with van der Waals surface area (Å²) < 4.78 is 17.5. The Morgan fingerprint density at radius 3 is 2.84 bits per heavy atom. The molecule has 2 heterocycles. The lowest BCUT2D eigenvalue weighted by Gasteiger charge is -2.36. The zero-order valence-corrected chi connectivity index (χ0v) is 15.0. The molecule has 136 valence electrons. The molecule has 1 aromatic rings. The summed E-state index contributed by atoms with van der Waals surface area (Å²) in [6, 6.07) is 4.24. The molecule has 1 aromatic carbocycles. The van der Waals surface area contributed by atoms with Gasteiger partial charge in [0.15, 0.2) is 11.5 Å². The van der Waals surface area contributed by atoms with Crippen LogP contribution in [0, 0.1) is 0 Å². The number of carbonyl (C=O) groups excluding carboxylic acids is 1. The molecule has 1 spiro atoms. The molecule has 6 heteroatoms. The average Bonchev–Trinajstić information content (AvgIpc) is 2.88. The highest BCUT2D eigenvalue weighted by molar-refractivity contribution is 5.60. The summed E-state index contributed by atoms with van der Waals surface area (Å²) in [6.45, 7) is 2.03. The van der Waals surface area contributed by atoms with E-state index in [0.29, 0.717) is 0 Å². The van der Waals surface area contributed by atoms with Gasteiger partial charge in [0.25, 0.3) is 0 Å². The summed E-state index contributed by atoms with van der Waals surface area (Å²) in [5.74, 6) is 1.79. The molecule has 3 atom stereocenters. The second-order valence-corrected chi connectivity index (χ2v) is 6.77. The van der Waals surface area contributed by atoms with E-state index in [4.69, 9.17) is 19.0 Å². The van der Waals surface area contributed by atoms with E-state index in [1.807, 2.05) is 6.07 Å². The van der Waals surface area contributed by atoms with Gasteiger partial charge in [0.1, 0.15) is 6.10 Å². The van der Waals surface area contributed by atoms with E-state index in [0.717, 1.165) is 37.4 Å². The van der Waals surface area contributed by atoms with Crippen molar-refractivity contribution in [2.75, 3.05) is 27.8 Å². The highest BCUT2D eigenvalue weighted by Gasteiger charge is 2.52. The number of ether oxygens (including phenoxy) is 3. The van der Waals surface area contributed by atoms with Gasteiger partial charge in [-0.1, -0.05) is 18.2 Å². The molecule has 2 N–H and O–H groups in total. The van der Waals surface area contributed by atoms with Crippen LogP contribution >= 0.6 is 0 Å². The SMILES string of the molecule is COc1ccc2c3c1OC1CC(OC)C=CC31CCN(C)C2.NC=O. The van der Waals surface area contributed by atoms with Crippen LogP contribution in [0.3, 0.4) is 0 Å². The molecule has 25 heavy (non-hydrogen) atoms. The number of methoxy groups -OCH3 is 2. The second kappa shape index (κ2) is 7.06. The van der Waals surface area contributed by atoms with Crippen molar-refractivity contribution in [3.8, 4) is 11.5 Å². The molecule has 0 saturated heterocycles. The Labute approximate surface area is 148 Å². The molecule has 1 aliphatic carbocycles. The zero-order chi connectivity index (χ0) is 18.0. The largest absolute Gasteiger partial charge is 0.493 e. The fraction of sp³-hybridized carbons (Fsp3) is 0.526. The topological polar surface area (TPSA) is 74.0 Å². The molecular weight excluding hydrogens is 320 g/mol. The number of amides is 1. The number of nitrogens with zero attached hydrogens (tertiary/aromatic N) is 1. The quantitative estimate of drug-likeness (QED) is 0.650. The first-order chi connectivity index (χ1) is 12.1. The lowest BCUT2D eigenvalue weighted by atomic mass is 9.69. The lowest BCUT2D eigenvalue weighted by molar-refractivity contribution is -0.106. The van der Waals surface area contributed by atoms with Gasteiger partial charge in [-0.05, 0) is 31.6 Å². The van der Waals surface area contributed by atoms with E-state index in [-0.39, 0.29) is 24.0 Å². The van der Waals surface area contributed by atoms with E-state index in [2.05, 4.69) is 35.9 Å². The van der Waals surface area contributed by atoms with Crippen LogP contribution in [-0.4, -0.2) is 51.3 Å². The monoisotopic (exact) mass is 346 g/mol. The fourth-order valence-corrected chi connectivity index (χ4v) is 4.24. The maximum atomic E-state index is 8.58. The predicted molar refractivity (Wildman–Crippen MR) is 94.8 cm³/mol. The standard InChI is InChI=1S/C18H23NO3.CH3NO/c1-19-9-8-18-7-6-13(20-2)10-15(18)22-17-14(21-3)5-4-12(11-19)16(17)18;2-1-3/h4-7,13,15H,8-11H2,1-3H3;1H,(H2,2,3). The molecule has 0 fully saturated rings. The average molecular weight is 346 g/mol. The highest BCUT2D eigenvalue weighted by Crippen LogP contribution is 2.55. The molecular formula is C19H26N2O4. The molecule has 0 saturated carbocycles. The summed E-state index contributed by atoms with van der Waals surface area (Å²) in [7, 11) is 5.67. The number of primary amides is 1. The lowest BCUT2D eigenvalue weighted by Crippen LogP contribution is -2.43. The molecule has 4 rings (SSSR count). The summed E-state index contributed by atoms with van der Waals surface area (Å²) >= 11 is 0. The molecule has 0 aromatic heterocycles. The van der Waals surface area contributed by atoms with Crippen molar-refractivity contribution in [2.24, 2.45) is 5.73 Å². The van der Waals surface area contributed by atoms with Gasteiger partial charge in [-0.3, -0.25) is 4.79 Å². The molecule has 3 unspecified atom stereocenters. The third kappa shape index (κ3) is 2.89. The number of nitrogens with two attached hydrogens (primary N) is 1. The number of hydrogen-bond acceptors (Lipinski definition) is 5. The first-order valence-electron chi connectivity index (χ1n) is 8.52. The van der Waals surface area contributed by atoms with E-state index in [9.17, 15) is 0 Å². The Bertz CT molecular complexity index is 676. The molecule has 6 nitrogen and oxygen atoms in total. The van der Waals surface area contributed by atoms with Gasteiger partial charge in [0, 0.05) is 25.6 Å². The maximum absolute atomic E-state index is 8.58. The summed E-state index contributed by atoms with van der Waals surface area (Å²) in [6.07, 6.45) is 7.05. The molecule has 3 aliphatic rings. The van der Waals surface area contributed by atoms with Crippen LogP contribution in [0.2, 0.25) is 0 Å². The van der Waals surface area contributed by atoms with Crippen LogP contribution in [0.4, 0.5) is 0 Å². The third-order valence-electron chi connectivity index (χ3n) is 5.43. The Morgan fingerprint density at radius 2 is 2.16 bits per heavy atom. The van der Waals surface area contributed by atoms with Crippen LogP contribution < -0.4 is 15.2 Å². The third-order valence-corrected chi connectivity index (χ3v) is 5.43. The smallest absolute Gasteiger partial charge is 0.204 e. The fourth-order valence-electron chi connectivity index (χ4n) is 4.24. The van der Waals surface area contributed by atoms with Gasteiger partial charge in [-0.2, -0.15) is 0 Å². The number of benzene rings is 1. The number of rotatable bonds is 2. The molecule has 0 bridgehead atoms. The van der Waals surface area contributed by atoms with Crippen LogP contribution in [-0.2, 0) is 21.5 Å². The Morgan fingerprint density at radius 1 is 1.40 bits per heavy atom. The van der Waals surface area contributed by atoms with Crippen molar-refractivity contribution in [1.82, 2.24) is 4.90 Å². The molecule has 2 aliphatic heterocycles. The van der Waals surface area contributed by atoms with Crippen LogP contribution in [0.1, 0.15) is 24.0 Å². The normalized spacial score (nSPS) is 29.4. The Hall–Kier alpha value is -2.05. The Kier molecular flexibility index (Phi) is 5.01. The van der Waals surface area contributed by atoms with Crippen LogP contribution in [0.5, 0.6) is 11.5 Å². The van der Waals surface area contributed by atoms with Crippen molar-refractivity contribution in [3.63, 3.8) is 0 Å². The number of carbonyl (C=O) groups is 1. The summed E-state index contributed by atoms with van der Waals surface area (Å²) in [5, 5.41) is 0. The van der Waals surface area contributed by atoms with Crippen molar-refractivity contribution in [3.05, 3.63) is 35.4 Å². The summed E-state index contributed by atoms with van der Waals surface area (Å²) in [4.78, 5) is 11.0. The van der Waals surface area contributed by atoms with E-state index >= 15 is 0 Å². The van der Waals surface area contributed by atoms with Gasteiger partial charge in [-0.15, -0.1) is 0 Å². The maximum Gasteiger partial charge on any atom is 0.204 e. The van der Waals surface area contributed by atoms with Crippen molar-refractivity contribution < 1.29 is 19.0 Å². The highest BCUT2D eigenvalue weighted by atomic mass is 16.5. The van der Waals surface area contributed by atoms with E-state index in [1.165, 1.54) is 11.1 Å². The minimum Gasteiger partial charge on any atom is -0.493 e. The minimum atomic E-state index is -0.0288. The summed E-state index contributed by atoms with van der Waals surface area (Å²) in [5.41, 5.74) is 6.84. The Balaban J connectivity index is 0.000000569. The van der Waals surface area contributed by atoms with Gasteiger partial charge < -0.3 is 24.8 Å². The van der Waals surface area contributed by atoms with Gasteiger partial charge in [0.05, 0.1) is 18.6 Å². The van der Waals surface area contributed by atoms with Crippen LogP contribution in [0.25, 0.3) is 0 Å². The number of hydrogen-bond donors (Lipinski definition) is 1. The molecule has 1 amide bonds. The van der Waals surface area contributed by atoms with E-state index < -0.39 is 0 Å². The van der Waals surface area contributed by atoms with E-state index in [1.54, 1.807) is 14.2 Å². The molecule has 0 radical (unpaired) electrons. The van der Waals surface area contributed by atoms with Crippen LogP contribution in [0.15, 0.2) is 24.3 Å². The second-order valence-electron chi connectivity index (χ2n) is 6.77. The van der Waals surface area contributed by atoms with Gasteiger partial charge >= 0.3 is 0 Å². The first kappa shape index (κ1) is 17.8. The van der Waals surface area contributed by atoms with Gasteiger partial charge in [0.2, 0.25) is 6.41 Å². The van der Waals surface area contributed by atoms with Crippen molar-refractivity contribution in [1.29, 1.82) is 0 Å². The van der Waals surface area contributed by atoms with Crippen molar-refractivity contribution >= 4 is 6.41 Å². The van der Waals surface area contributed by atoms with Crippen molar-refractivity contribution in [2.45, 2.75) is 37.0 Å². The predicted octanol–water partition coefficient (Wildman–Crippen LogP) is 1.61. The minimum absolute atomic E-state index is 0.0288. The first-order valence-corrected chi connectivity index (χ1v) is 8.52. The zero-order valence-electron chi connectivity index (χ0n) is 15.0. The van der Waals surface area contributed by atoms with Gasteiger partial charge in [-0.25, -0.2) is 0 Å².